The number of sulfone groups is 1. The van der Waals surface area contributed by atoms with Gasteiger partial charge in [0.05, 0.1) is 29.8 Å². The monoisotopic (exact) mass is 337 g/mol. The minimum atomic E-state index is -3.05. The molecule has 0 aromatic carbocycles. The average molecular weight is 337 g/mol. The Hall–Kier alpha value is -1.63. The van der Waals surface area contributed by atoms with Crippen LogP contribution < -0.4 is 5.32 Å². The number of aryl methyl sites for hydroxylation is 1. The molecule has 1 aliphatic carbocycles. The van der Waals surface area contributed by atoms with Crippen molar-refractivity contribution in [2.45, 2.75) is 38.8 Å². The molecule has 2 aliphatic rings. The second-order valence-corrected chi connectivity index (χ2v) is 8.72. The molecule has 1 aliphatic heterocycles. The van der Waals surface area contributed by atoms with E-state index in [-0.39, 0.29) is 23.6 Å². The van der Waals surface area contributed by atoms with E-state index in [0.717, 1.165) is 24.1 Å². The van der Waals surface area contributed by atoms with Crippen LogP contribution in [0.1, 0.15) is 30.5 Å². The van der Waals surface area contributed by atoms with E-state index in [2.05, 4.69) is 10.3 Å². The van der Waals surface area contributed by atoms with Crippen LogP contribution >= 0.6 is 0 Å². The summed E-state index contributed by atoms with van der Waals surface area (Å²) in [5, 5.41) is 2.91. The molecule has 1 aromatic heterocycles. The lowest BCUT2D eigenvalue weighted by Crippen LogP contribution is -2.48. The van der Waals surface area contributed by atoms with E-state index in [0.29, 0.717) is 25.4 Å². The third-order valence-corrected chi connectivity index (χ3v) is 6.39. The van der Waals surface area contributed by atoms with Crippen LogP contribution in [-0.2, 0) is 16.4 Å². The first-order valence-corrected chi connectivity index (χ1v) is 9.94. The SMILES string of the molecule is Cc1cccnc1CNC(=O)N1CCCS(=O)(=O)CC1C1CC1. The zero-order valence-electron chi connectivity index (χ0n) is 13.4. The minimum Gasteiger partial charge on any atom is -0.332 e. The highest BCUT2D eigenvalue weighted by Crippen LogP contribution is 2.37. The Labute approximate surface area is 137 Å². The summed E-state index contributed by atoms with van der Waals surface area (Å²) in [6.07, 6.45) is 4.26. The fourth-order valence-electron chi connectivity index (χ4n) is 3.14. The van der Waals surface area contributed by atoms with E-state index in [1.807, 2.05) is 19.1 Å². The predicted octanol–water partition coefficient (Wildman–Crippen LogP) is 1.50. The number of amides is 2. The van der Waals surface area contributed by atoms with E-state index in [9.17, 15) is 13.2 Å². The lowest BCUT2D eigenvalue weighted by atomic mass is 10.2. The van der Waals surface area contributed by atoms with Crippen LogP contribution in [0.25, 0.3) is 0 Å². The van der Waals surface area contributed by atoms with Gasteiger partial charge in [-0.15, -0.1) is 0 Å². The second-order valence-electron chi connectivity index (χ2n) is 6.49. The molecular formula is C16H23N3O3S. The third-order valence-electron chi connectivity index (χ3n) is 4.63. The Kier molecular flexibility index (Phi) is 4.57. The fraction of sp³-hybridized carbons (Fsp3) is 0.625. The van der Waals surface area contributed by atoms with Crippen LogP contribution in [0.2, 0.25) is 0 Å². The number of carbonyl (C=O) groups is 1. The van der Waals surface area contributed by atoms with Crippen molar-refractivity contribution in [1.29, 1.82) is 0 Å². The second kappa shape index (κ2) is 6.47. The summed E-state index contributed by atoms with van der Waals surface area (Å²) in [6, 6.07) is 3.47. The Morgan fingerprint density at radius 1 is 1.43 bits per heavy atom. The van der Waals surface area contributed by atoms with Crippen LogP contribution in [0.5, 0.6) is 0 Å². The van der Waals surface area contributed by atoms with Crippen molar-refractivity contribution in [2.75, 3.05) is 18.1 Å². The summed E-state index contributed by atoms with van der Waals surface area (Å²) in [7, 11) is -3.05. The maximum atomic E-state index is 12.6. The van der Waals surface area contributed by atoms with E-state index < -0.39 is 9.84 Å². The zero-order chi connectivity index (χ0) is 16.4. The molecule has 3 rings (SSSR count). The number of nitrogens with zero attached hydrogens (tertiary/aromatic N) is 2. The minimum absolute atomic E-state index is 0.105. The number of carbonyl (C=O) groups excluding carboxylic acids is 1. The normalized spacial score (nSPS) is 24.0. The lowest BCUT2D eigenvalue weighted by molar-refractivity contribution is 0.173. The summed E-state index contributed by atoms with van der Waals surface area (Å²) in [5.74, 6) is 0.623. The van der Waals surface area contributed by atoms with Crippen LogP contribution in [0, 0.1) is 12.8 Å². The van der Waals surface area contributed by atoms with Gasteiger partial charge >= 0.3 is 6.03 Å². The van der Waals surface area contributed by atoms with Crippen molar-refractivity contribution < 1.29 is 13.2 Å². The van der Waals surface area contributed by atoms with Crippen LogP contribution in [-0.4, -0.2) is 48.4 Å². The van der Waals surface area contributed by atoms with Crippen molar-refractivity contribution in [3.63, 3.8) is 0 Å². The molecule has 1 atom stereocenters. The summed E-state index contributed by atoms with van der Waals surface area (Å²) in [6.45, 7) is 2.83. The average Bonchev–Trinajstić information content (AvgIpc) is 3.33. The molecule has 2 fully saturated rings. The van der Waals surface area contributed by atoms with Gasteiger partial charge in [0, 0.05) is 12.7 Å². The van der Waals surface area contributed by atoms with Gasteiger partial charge in [-0.3, -0.25) is 4.98 Å². The molecular weight excluding hydrogens is 314 g/mol. The smallest absolute Gasteiger partial charge is 0.318 e. The molecule has 0 radical (unpaired) electrons. The van der Waals surface area contributed by atoms with Crippen LogP contribution in [0.4, 0.5) is 4.79 Å². The number of aromatic nitrogens is 1. The molecule has 7 heteroatoms. The number of rotatable bonds is 3. The Bertz CT molecular complexity index is 686. The van der Waals surface area contributed by atoms with Gasteiger partial charge in [-0.2, -0.15) is 0 Å². The highest BCUT2D eigenvalue weighted by atomic mass is 32.2. The van der Waals surface area contributed by atoms with Crippen molar-refractivity contribution >= 4 is 15.9 Å². The topological polar surface area (TPSA) is 79.4 Å². The molecule has 6 nitrogen and oxygen atoms in total. The van der Waals surface area contributed by atoms with Gasteiger partial charge in [-0.25, -0.2) is 13.2 Å². The van der Waals surface area contributed by atoms with E-state index in [1.54, 1.807) is 11.1 Å². The fourth-order valence-corrected chi connectivity index (χ4v) is 4.85. The first kappa shape index (κ1) is 16.2. The highest BCUT2D eigenvalue weighted by Gasteiger charge is 2.41. The summed E-state index contributed by atoms with van der Waals surface area (Å²) in [5.41, 5.74) is 1.87. The van der Waals surface area contributed by atoms with E-state index in [1.165, 1.54) is 0 Å². The molecule has 1 unspecified atom stereocenters. The van der Waals surface area contributed by atoms with Gasteiger partial charge in [0.1, 0.15) is 0 Å². The van der Waals surface area contributed by atoms with Gasteiger partial charge in [0.25, 0.3) is 0 Å². The van der Waals surface area contributed by atoms with Gasteiger partial charge < -0.3 is 10.2 Å². The molecule has 23 heavy (non-hydrogen) atoms. The first-order chi connectivity index (χ1) is 11.0. The maximum absolute atomic E-state index is 12.6. The molecule has 1 aromatic rings. The molecule has 1 saturated heterocycles. The Morgan fingerprint density at radius 2 is 2.22 bits per heavy atom. The number of hydrogen-bond acceptors (Lipinski definition) is 4. The standard InChI is InChI=1S/C16H23N3O3S/c1-12-4-2-7-17-14(12)10-18-16(20)19-8-3-9-23(21,22)11-15(19)13-5-6-13/h2,4,7,13,15H,3,5-6,8-11H2,1H3,(H,18,20). The van der Waals surface area contributed by atoms with Gasteiger partial charge in [0.15, 0.2) is 9.84 Å². The number of urea groups is 1. The first-order valence-electron chi connectivity index (χ1n) is 8.12. The van der Waals surface area contributed by atoms with Crippen molar-refractivity contribution in [1.82, 2.24) is 15.2 Å². The van der Waals surface area contributed by atoms with Crippen molar-refractivity contribution in [3.05, 3.63) is 29.6 Å². The largest absolute Gasteiger partial charge is 0.332 e. The quantitative estimate of drug-likeness (QED) is 0.906. The molecule has 1 saturated carbocycles. The lowest BCUT2D eigenvalue weighted by Gasteiger charge is -2.29. The predicted molar refractivity (Wildman–Crippen MR) is 87.7 cm³/mol. The number of nitrogens with one attached hydrogen (secondary N) is 1. The maximum Gasteiger partial charge on any atom is 0.318 e. The molecule has 2 heterocycles. The Morgan fingerprint density at radius 3 is 2.91 bits per heavy atom. The van der Waals surface area contributed by atoms with Gasteiger partial charge in [0.2, 0.25) is 0 Å². The number of pyridine rings is 1. The van der Waals surface area contributed by atoms with Gasteiger partial charge in [-0.05, 0) is 43.7 Å². The van der Waals surface area contributed by atoms with Crippen LogP contribution in [0.15, 0.2) is 18.3 Å². The molecule has 0 bridgehead atoms. The molecule has 1 N–H and O–H groups in total. The molecule has 126 valence electrons. The van der Waals surface area contributed by atoms with Crippen LogP contribution in [0.3, 0.4) is 0 Å². The van der Waals surface area contributed by atoms with Gasteiger partial charge in [-0.1, -0.05) is 6.07 Å². The third kappa shape index (κ3) is 4.02. The van der Waals surface area contributed by atoms with Crippen molar-refractivity contribution in [3.8, 4) is 0 Å². The van der Waals surface area contributed by atoms with Crippen molar-refractivity contribution in [2.24, 2.45) is 5.92 Å². The van der Waals surface area contributed by atoms with E-state index >= 15 is 0 Å². The summed E-state index contributed by atoms with van der Waals surface area (Å²) in [4.78, 5) is 18.6. The van der Waals surface area contributed by atoms with E-state index in [4.69, 9.17) is 0 Å². The highest BCUT2D eigenvalue weighted by molar-refractivity contribution is 7.91. The summed E-state index contributed by atoms with van der Waals surface area (Å²) < 4.78 is 24.1. The number of hydrogen-bond donors (Lipinski definition) is 1. The Balaban J connectivity index is 1.68. The summed E-state index contributed by atoms with van der Waals surface area (Å²) >= 11 is 0. The molecule has 2 amide bonds. The zero-order valence-corrected chi connectivity index (χ0v) is 14.2. The molecule has 0 spiro atoms.